The van der Waals surface area contributed by atoms with Crippen molar-refractivity contribution in [1.82, 2.24) is 0 Å². The first-order valence-corrected chi connectivity index (χ1v) is 3.38. The Morgan fingerprint density at radius 2 is 2.09 bits per heavy atom. The second kappa shape index (κ2) is 3.10. The highest BCUT2D eigenvalue weighted by molar-refractivity contribution is 5.52. The van der Waals surface area contributed by atoms with Crippen molar-refractivity contribution in [2.45, 2.75) is 6.92 Å². The van der Waals surface area contributed by atoms with E-state index in [2.05, 4.69) is 6.58 Å². The average molecular weight is 149 g/mol. The van der Waals surface area contributed by atoms with Gasteiger partial charge in [-0.05, 0) is 19.1 Å². The Balaban J connectivity index is 2.86. The SMILES string of the molecule is C=C(C)Oc1ccccc1N. The summed E-state index contributed by atoms with van der Waals surface area (Å²) in [6.45, 7) is 5.40. The summed E-state index contributed by atoms with van der Waals surface area (Å²) in [6.07, 6.45) is 0. The lowest BCUT2D eigenvalue weighted by Crippen LogP contribution is -1.93. The molecule has 0 aliphatic heterocycles. The van der Waals surface area contributed by atoms with Gasteiger partial charge in [0.15, 0.2) is 0 Å². The number of ether oxygens (including phenoxy) is 1. The van der Waals surface area contributed by atoms with Crippen LogP contribution in [0.4, 0.5) is 5.69 Å². The molecule has 0 aliphatic rings. The van der Waals surface area contributed by atoms with Gasteiger partial charge < -0.3 is 10.5 Å². The third-order valence-corrected chi connectivity index (χ3v) is 1.20. The molecule has 0 radical (unpaired) electrons. The Kier molecular flexibility index (Phi) is 2.16. The molecular weight excluding hydrogens is 138 g/mol. The van der Waals surface area contributed by atoms with E-state index in [1.165, 1.54) is 0 Å². The maximum Gasteiger partial charge on any atom is 0.149 e. The molecule has 58 valence electrons. The Hall–Kier alpha value is -1.44. The van der Waals surface area contributed by atoms with E-state index in [4.69, 9.17) is 10.5 Å². The van der Waals surface area contributed by atoms with E-state index >= 15 is 0 Å². The summed E-state index contributed by atoms with van der Waals surface area (Å²) in [7, 11) is 0. The van der Waals surface area contributed by atoms with Crippen LogP contribution in [0, 0.1) is 0 Å². The molecule has 0 bridgehead atoms. The molecular formula is C9H11NO. The van der Waals surface area contributed by atoms with Gasteiger partial charge in [0, 0.05) is 0 Å². The number of nitrogen functional groups attached to an aromatic ring is 1. The van der Waals surface area contributed by atoms with E-state index < -0.39 is 0 Å². The summed E-state index contributed by atoms with van der Waals surface area (Å²) in [4.78, 5) is 0. The van der Waals surface area contributed by atoms with Gasteiger partial charge in [-0.1, -0.05) is 18.7 Å². The van der Waals surface area contributed by atoms with Crippen molar-refractivity contribution in [1.29, 1.82) is 0 Å². The Morgan fingerprint density at radius 1 is 1.45 bits per heavy atom. The minimum Gasteiger partial charge on any atom is -0.460 e. The second-order valence-corrected chi connectivity index (χ2v) is 2.34. The number of allylic oxidation sites excluding steroid dienone is 1. The van der Waals surface area contributed by atoms with E-state index in [1.807, 2.05) is 18.2 Å². The number of rotatable bonds is 2. The summed E-state index contributed by atoms with van der Waals surface area (Å²) in [5, 5.41) is 0. The molecule has 0 aliphatic carbocycles. The van der Waals surface area contributed by atoms with Gasteiger partial charge >= 0.3 is 0 Å². The van der Waals surface area contributed by atoms with Crippen LogP contribution in [0.3, 0.4) is 0 Å². The molecule has 0 aromatic heterocycles. The van der Waals surface area contributed by atoms with E-state index in [-0.39, 0.29) is 0 Å². The van der Waals surface area contributed by atoms with Gasteiger partial charge in [0.1, 0.15) is 5.75 Å². The van der Waals surface area contributed by atoms with Crippen molar-refractivity contribution in [3.05, 3.63) is 36.6 Å². The molecule has 0 spiro atoms. The van der Waals surface area contributed by atoms with Crippen LogP contribution in [0.1, 0.15) is 6.92 Å². The van der Waals surface area contributed by atoms with E-state index in [0.29, 0.717) is 17.2 Å². The first kappa shape index (κ1) is 7.66. The number of anilines is 1. The zero-order chi connectivity index (χ0) is 8.27. The van der Waals surface area contributed by atoms with Crippen molar-refractivity contribution in [2.24, 2.45) is 0 Å². The summed E-state index contributed by atoms with van der Waals surface area (Å²) < 4.78 is 5.23. The highest BCUT2D eigenvalue weighted by atomic mass is 16.5. The van der Waals surface area contributed by atoms with Gasteiger partial charge in [0.2, 0.25) is 0 Å². The lowest BCUT2D eigenvalue weighted by molar-refractivity contribution is 0.432. The van der Waals surface area contributed by atoms with Crippen LogP contribution in [0.2, 0.25) is 0 Å². The molecule has 0 saturated heterocycles. The topological polar surface area (TPSA) is 35.2 Å². The highest BCUT2D eigenvalue weighted by Crippen LogP contribution is 2.21. The Labute approximate surface area is 66.3 Å². The monoisotopic (exact) mass is 149 g/mol. The first-order chi connectivity index (χ1) is 5.20. The van der Waals surface area contributed by atoms with Crippen LogP contribution >= 0.6 is 0 Å². The molecule has 1 aromatic rings. The van der Waals surface area contributed by atoms with Crippen molar-refractivity contribution in [3.8, 4) is 5.75 Å². The molecule has 0 atom stereocenters. The molecule has 0 fully saturated rings. The van der Waals surface area contributed by atoms with Crippen molar-refractivity contribution >= 4 is 5.69 Å². The van der Waals surface area contributed by atoms with Crippen LogP contribution in [-0.4, -0.2) is 0 Å². The van der Waals surface area contributed by atoms with E-state index in [9.17, 15) is 0 Å². The van der Waals surface area contributed by atoms with Crippen LogP contribution in [0.25, 0.3) is 0 Å². The van der Waals surface area contributed by atoms with Gasteiger partial charge in [0.05, 0.1) is 11.4 Å². The normalized spacial score (nSPS) is 9.18. The van der Waals surface area contributed by atoms with Crippen LogP contribution < -0.4 is 10.5 Å². The predicted molar refractivity (Wildman–Crippen MR) is 46.3 cm³/mol. The van der Waals surface area contributed by atoms with Gasteiger partial charge in [-0.15, -0.1) is 0 Å². The first-order valence-electron chi connectivity index (χ1n) is 3.38. The molecule has 0 heterocycles. The molecule has 2 heteroatoms. The van der Waals surface area contributed by atoms with Crippen molar-refractivity contribution in [3.63, 3.8) is 0 Å². The van der Waals surface area contributed by atoms with Gasteiger partial charge in [-0.2, -0.15) is 0 Å². The summed E-state index contributed by atoms with van der Waals surface area (Å²) in [6, 6.07) is 7.33. The quantitative estimate of drug-likeness (QED) is 0.516. The van der Waals surface area contributed by atoms with Crippen molar-refractivity contribution in [2.75, 3.05) is 5.73 Å². The summed E-state index contributed by atoms with van der Waals surface area (Å²) in [5.41, 5.74) is 6.24. The van der Waals surface area contributed by atoms with Crippen LogP contribution in [0.15, 0.2) is 36.6 Å². The zero-order valence-corrected chi connectivity index (χ0v) is 6.50. The maximum absolute atomic E-state index is 5.60. The van der Waals surface area contributed by atoms with E-state index in [1.54, 1.807) is 13.0 Å². The fraction of sp³-hybridized carbons (Fsp3) is 0.111. The lowest BCUT2D eigenvalue weighted by Gasteiger charge is -2.05. The largest absolute Gasteiger partial charge is 0.460 e. The number of benzene rings is 1. The number of nitrogens with two attached hydrogens (primary N) is 1. The molecule has 0 amide bonds. The second-order valence-electron chi connectivity index (χ2n) is 2.34. The number of para-hydroxylation sites is 2. The number of hydrogen-bond donors (Lipinski definition) is 1. The lowest BCUT2D eigenvalue weighted by atomic mass is 10.3. The van der Waals surface area contributed by atoms with Crippen LogP contribution in [0.5, 0.6) is 5.75 Å². The Morgan fingerprint density at radius 3 is 2.64 bits per heavy atom. The third kappa shape index (κ3) is 2.00. The highest BCUT2D eigenvalue weighted by Gasteiger charge is 1.96. The molecule has 0 saturated carbocycles. The Bertz CT molecular complexity index is 268. The maximum atomic E-state index is 5.60. The smallest absolute Gasteiger partial charge is 0.149 e. The van der Waals surface area contributed by atoms with Crippen LogP contribution in [-0.2, 0) is 0 Å². The van der Waals surface area contributed by atoms with Crippen molar-refractivity contribution < 1.29 is 4.74 Å². The fourth-order valence-corrected chi connectivity index (χ4v) is 0.761. The van der Waals surface area contributed by atoms with E-state index in [0.717, 1.165) is 0 Å². The molecule has 2 nitrogen and oxygen atoms in total. The van der Waals surface area contributed by atoms with Gasteiger partial charge in [-0.25, -0.2) is 0 Å². The minimum absolute atomic E-state index is 0.635. The fourth-order valence-electron chi connectivity index (χ4n) is 0.761. The summed E-state index contributed by atoms with van der Waals surface area (Å²) >= 11 is 0. The minimum atomic E-state index is 0.635. The molecule has 1 aromatic carbocycles. The molecule has 0 unspecified atom stereocenters. The standard InChI is InChI=1S/C9H11NO/c1-7(2)11-9-6-4-3-5-8(9)10/h3-6H,1,10H2,2H3. The van der Waals surface area contributed by atoms with Gasteiger partial charge in [0.25, 0.3) is 0 Å². The molecule has 1 rings (SSSR count). The van der Waals surface area contributed by atoms with Gasteiger partial charge in [-0.3, -0.25) is 0 Å². The number of hydrogen-bond acceptors (Lipinski definition) is 2. The zero-order valence-electron chi connectivity index (χ0n) is 6.50. The predicted octanol–water partition coefficient (Wildman–Crippen LogP) is 2.18. The average Bonchev–Trinajstić information content (AvgIpc) is 1.93. The third-order valence-electron chi connectivity index (χ3n) is 1.20. The summed E-state index contributed by atoms with van der Waals surface area (Å²) in [5.74, 6) is 1.31. The molecule has 2 N–H and O–H groups in total. The molecule has 11 heavy (non-hydrogen) atoms.